The molecule has 2 aromatic carbocycles. The van der Waals surface area contributed by atoms with E-state index >= 15 is 0 Å². The number of rotatable bonds is 5. The molecule has 150 valence electrons. The fourth-order valence-corrected chi connectivity index (χ4v) is 4.55. The van der Waals surface area contributed by atoms with Gasteiger partial charge in [0.2, 0.25) is 0 Å². The van der Waals surface area contributed by atoms with Crippen molar-refractivity contribution in [3.05, 3.63) is 63.1 Å². The van der Waals surface area contributed by atoms with Gasteiger partial charge in [-0.3, -0.25) is 4.79 Å². The molecule has 8 heteroatoms. The number of hydrogen-bond donors (Lipinski definition) is 4. The number of carbonyl (C=O) groups is 1. The number of carbonyl (C=O) groups excluding carboxylic acids is 1. The molecule has 0 saturated heterocycles. The van der Waals surface area contributed by atoms with Crippen molar-refractivity contribution < 1.29 is 4.79 Å². The molecule has 0 saturated carbocycles. The molecular weight excluding hydrogens is 396 g/mol. The van der Waals surface area contributed by atoms with Gasteiger partial charge in [0, 0.05) is 54.5 Å². The summed E-state index contributed by atoms with van der Waals surface area (Å²) in [6.45, 7) is 1.59. The van der Waals surface area contributed by atoms with Crippen molar-refractivity contribution in [2.75, 3.05) is 24.2 Å². The van der Waals surface area contributed by atoms with Gasteiger partial charge in [-0.15, -0.1) is 11.3 Å². The highest BCUT2D eigenvalue weighted by atomic mass is 32.1. The van der Waals surface area contributed by atoms with Crippen LogP contribution >= 0.6 is 11.3 Å². The molecule has 0 radical (unpaired) electrons. The van der Waals surface area contributed by atoms with Gasteiger partial charge in [0.15, 0.2) is 5.01 Å². The van der Waals surface area contributed by atoms with E-state index in [0.29, 0.717) is 27.4 Å². The smallest absolute Gasteiger partial charge is 0.284 e. The van der Waals surface area contributed by atoms with E-state index in [4.69, 9.17) is 5.41 Å². The van der Waals surface area contributed by atoms with Gasteiger partial charge in [-0.1, -0.05) is 24.3 Å². The van der Waals surface area contributed by atoms with Gasteiger partial charge in [0.1, 0.15) is 6.07 Å². The highest BCUT2D eigenvalue weighted by Crippen LogP contribution is 2.34. The molecule has 30 heavy (non-hydrogen) atoms. The van der Waals surface area contributed by atoms with Gasteiger partial charge in [-0.25, -0.2) is 4.98 Å². The standard InChI is InChI=1S/C22H20N6OS/c1-25-17-6-2-4-13(15(17)10-23)14-5-3-7-18(16(14)11-24)27-21(29)22-28-19-8-9-26-12-20(19)30-22/h2-7,10,23,25-26H,8-9,12H2,1H3,(H,27,29). The normalized spacial score (nSPS) is 12.5. The summed E-state index contributed by atoms with van der Waals surface area (Å²) in [5, 5.41) is 27.3. The maximum absolute atomic E-state index is 12.8. The molecule has 7 nitrogen and oxygen atoms in total. The van der Waals surface area contributed by atoms with Gasteiger partial charge >= 0.3 is 0 Å². The topological polar surface area (TPSA) is 114 Å². The number of anilines is 2. The maximum Gasteiger partial charge on any atom is 0.284 e. The molecule has 0 bridgehead atoms. The lowest BCUT2D eigenvalue weighted by Gasteiger charge is -2.14. The summed E-state index contributed by atoms with van der Waals surface area (Å²) >= 11 is 1.38. The molecule has 1 aliphatic rings. The van der Waals surface area contributed by atoms with Crippen molar-refractivity contribution in [3.63, 3.8) is 0 Å². The molecule has 2 heterocycles. The largest absolute Gasteiger partial charge is 0.388 e. The van der Waals surface area contributed by atoms with Crippen LogP contribution in [0.5, 0.6) is 0 Å². The first-order chi connectivity index (χ1) is 14.7. The molecule has 0 fully saturated rings. The lowest BCUT2D eigenvalue weighted by atomic mass is 9.94. The van der Waals surface area contributed by atoms with Crippen LogP contribution in [0, 0.1) is 16.7 Å². The van der Waals surface area contributed by atoms with Crippen LogP contribution in [0.4, 0.5) is 11.4 Å². The Hall–Kier alpha value is -3.54. The number of amides is 1. The maximum atomic E-state index is 12.8. The summed E-state index contributed by atoms with van der Waals surface area (Å²) in [6.07, 6.45) is 2.08. The second-order valence-corrected chi connectivity index (χ2v) is 7.85. The molecule has 0 aliphatic carbocycles. The first-order valence-corrected chi connectivity index (χ1v) is 10.3. The summed E-state index contributed by atoms with van der Waals surface area (Å²) in [7, 11) is 1.79. The highest BCUT2D eigenvalue weighted by molar-refractivity contribution is 7.13. The molecule has 1 aromatic heterocycles. The third kappa shape index (κ3) is 3.56. The molecule has 0 atom stereocenters. The Bertz CT molecular complexity index is 1150. The van der Waals surface area contributed by atoms with Crippen LogP contribution in [0.3, 0.4) is 0 Å². The van der Waals surface area contributed by atoms with Crippen LogP contribution in [-0.4, -0.2) is 30.7 Å². The predicted molar refractivity (Wildman–Crippen MR) is 120 cm³/mol. The van der Waals surface area contributed by atoms with Crippen LogP contribution in [0.15, 0.2) is 36.4 Å². The minimum atomic E-state index is -0.320. The first-order valence-electron chi connectivity index (χ1n) is 9.51. The number of aromatic nitrogens is 1. The number of nitrogens with one attached hydrogen (secondary N) is 4. The van der Waals surface area contributed by atoms with E-state index in [-0.39, 0.29) is 5.91 Å². The van der Waals surface area contributed by atoms with Crippen molar-refractivity contribution in [1.29, 1.82) is 10.7 Å². The molecule has 0 spiro atoms. The van der Waals surface area contributed by atoms with Crippen LogP contribution in [-0.2, 0) is 13.0 Å². The van der Waals surface area contributed by atoms with Crippen molar-refractivity contribution in [2.45, 2.75) is 13.0 Å². The summed E-state index contributed by atoms with van der Waals surface area (Å²) in [5.41, 5.74) is 4.64. The minimum absolute atomic E-state index is 0.320. The zero-order chi connectivity index (χ0) is 21.1. The fourth-order valence-electron chi connectivity index (χ4n) is 3.57. The molecule has 1 aliphatic heterocycles. The third-order valence-corrected chi connectivity index (χ3v) is 6.13. The second kappa shape index (κ2) is 8.45. The quantitative estimate of drug-likeness (QED) is 0.475. The zero-order valence-corrected chi connectivity index (χ0v) is 17.2. The Kier molecular flexibility index (Phi) is 5.57. The lowest BCUT2D eigenvalue weighted by Crippen LogP contribution is -2.22. The summed E-state index contributed by atoms with van der Waals surface area (Å²) in [5.74, 6) is -0.320. The predicted octanol–water partition coefficient (Wildman–Crippen LogP) is 3.62. The number of thiazole rings is 1. The minimum Gasteiger partial charge on any atom is -0.388 e. The average molecular weight is 417 g/mol. The van der Waals surface area contributed by atoms with Gasteiger partial charge in [0.05, 0.1) is 16.9 Å². The second-order valence-electron chi connectivity index (χ2n) is 6.77. The van der Waals surface area contributed by atoms with E-state index in [2.05, 4.69) is 27.0 Å². The summed E-state index contributed by atoms with van der Waals surface area (Å²) in [6, 6.07) is 13.2. The Morgan fingerprint density at radius 1 is 1.27 bits per heavy atom. The Morgan fingerprint density at radius 3 is 2.73 bits per heavy atom. The molecule has 3 aromatic rings. The van der Waals surface area contributed by atoms with E-state index in [0.717, 1.165) is 41.3 Å². The van der Waals surface area contributed by atoms with Gasteiger partial charge in [-0.2, -0.15) is 5.26 Å². The van der Waals surface area contributed by atoms with Crippen molar-refractivity contribution in [2.24, 2.45) is 0 Å². The van der Waals surface area contributed by atoms with E-state index < -0.39 is 0 Å². The third-order valence-electron chi connectivity index (χ3n) is 5.03. The summed E-state index contributed by atoms with van der Waals surface area (Å²) < 4.78 is 0. The number of nitriles is 1. The number of hydrogen-bond acceptors (Lipinski definition) is 7. The molecular formula is C22H20N6OS. The number of nitrogens with zero attached hydrogens (tertiary/aromatic N) is 2. The van der Waals surface area contributed by atoms with Gasteiger partial charge in [-0.05, 0) is 17.7 Å². The van der Waals surface area contributed by atoms with E-state index in [9.17, 15) is 10.1 Å². The van der Waals surface area contributed by atoms with Crippen LogP contribution in [0.2, 0.25) is 0 Å². The zero-order valence-electron chi connectivity index (χ0n) is 16.4. The molecule has 4 rings (SSSR count). The SMILES string of the molecule is CNc1cccc(-c2cccc(NC(=O)c3nc4c(s3)CNCC4)c2C#N)c1C=N. The fraction of sp³-hybridized carbons (Fsp3) is 0.182. The van der Waals surface area contributed by atoms with Crippen molar-refractivity contribution in [3.8, 4) is 17.2 Å². The average Bonchev–Trinajstić information content (AvgIpc) is 3.22. The molecule has 4 N–H and O–H groups in total. The lowest BCUT2D eigenvalue weighted by molar-refractivity contribution is 0.102. The van der Waals surface area contributed by atoms with Crippen LogP contribution in [0.25, 0.3) is 11.1 Å². The van der Waals surface area contributed by atoms with Crippen LogP contribution in [0.1, 0.15) is 31.5 Å². The van der Waals surface area contributed by atoms with Gasteiger partial charge in [0.25, 0.3) is 5.91 Å². The van der Waals surface area contributed by atoms with Crippen LogP contribution < -0.4 is 16.0 Å². The Morgan fingerprint density at radius 2 is 2.03 bits per heavy atom. The van der Waals surface area contributed by atoms with Crippen molar-refractivity contribution >= 4 is 34.8 Å². The number of benzene rings is 2. The number of fused-ring (bicyclic) bond motifs is 1. The first kappa shape index (κ1) is 19.8. The van der Waals surface area contributed by atoms with Crippen molar-refractivity contribution in [1.82, 2.24) is 10.3 Å². The Balaban J connectivity index is 1.71. The molecule has 0 unspecified atom stereocenters. The Labute approximate surface area is 178 Å². The van der Waals surface area contributed by atoms with E-state index in [1.54, 1.807) is 19.2 Å². The van der Waals surface area contributed by atoms with E-state index in [1.807, 2.05) is 24.3 Å². The van der Waals surface area contributed by atoms with Gasteiger partial charge < -0.3 is 21.4 Å². The molecule has 1 amide bonds. The van der Waals surface area contributed by atoms with E-state index in [1.165, 1.54) is 17.6 Å². The highest BCUT2D eigenvalue weighted by Gasteiger charge is 2.21. The summed E-state index contributed by atoms with van der Waals surface area (Å²) in [4.78, 5) is 18.4. The monoisotopic (exact) mass is 416 g/mol.